The summed E-state index contributed by atoms with van der Waals surface area (Å²) in [5, 5.41) is 7.12. The molecule has 0 bridgehead atoms. The van der Waals surface area contributed by atoms with E-state index in [0.717, 1.165) is 37.5 Å². The zero-order valence-electron chi connectivity index (χ0n) is 15.4. The van der Waals surface area contributed by atoms with E-state index >= 15 is 0 Å². The number of aryl methyl sites for hydroxylation is 1. The molecule has 9 heteroatoms. The van der Waals surface area contributed by atoms with E-state index in [-0.39, 0.29) is 18.2 Å². The third kappa shape index (κ3) is 4.39. The van der Waals surface area contributed by atoms with E-state index in [4.69, 9.17) is 9.26 Å². The van der Waals surface area contributed by atoms with E-state index in [9.17, 15) is 9.59 Å². The van der Waals surface area contributed by atoms with Gasteiger partial charge in [-0.05, 0) is 26.7 Å². The first-order chi connectivity index (χ1) is 12.6. The van der Waals surface area contributed by atoms with Gasteiger partial charge in [-0.3, -0.25) is 0 Å². The molecule has 2 fully saturated rings. The molecule has 144 valence electrons. The Labute approximate surface area is 153 Å². The summed E-state index contributed by atoms with van der Waals surface area (Å²) in [6.07, 6.45) is 1.24. The Morgan fingerprint density at radius 3 is 2.46 bits per heavy atom. The van der Waals surface area contributed by atoms with Crippen LogP contribution in [0.15, 0.2) is 10.6 Å². The van der Waals surface area contributed by atoms with Crippen LogP contribution in [0.1, 0.15) is 25.5 Å². The summed E-state index contributed by atoms with van der Waals surface area (Å²) < 4.78 is 10.1. The first kappa shape index (κ1) is 18.3. The molecular formula is C17H27N5O4. The van der Waals surface area contributed by atoms with Crippen molar-refractivity contribution in [2.24, 2.45) is 0 Å². The Bertz CT molecular complexity index is 618. The summed E-state index contributed by atoms with van der Waals surface area (Å²) in [6, 6.07) is 1.98. The van der Waals surface area contributed by atoms with Crippen LogP contribution in [-0.2, 0) is 4.74 Å². The maximum absolute atomic E-state index is 12.5. The van der Waals surface area contributed by atoms with Crippen LogP contribution >= 0.6 is 0 Å². The topological polar surface area (TPSA) is 91.2 Å². The van der Waals surface area contributed by atoms with Crippen LogP contribution < -0.4 is 10.2 Å². The van der Waals surface area contributed by atoms with Crippen molar-refractivity contribution in [3.8, 4) is 0 Å². The van der Waals surface area contributed by atoms with Crippen molar-refractivity contribution in [1.82, 2.24) is 20.3 Å². The van der Waals surface area contributed by atoms with Gasteiger partial charge in [-0.2, -0.15) is 0 Å². The predicted molar refractivity (Wildman–Crippen MR) is 95.2 cm³/mol. The molecule has 1 aromatic rings. The lowest BCUT2D eigenvalue weighted by Gasteiger charge is -2.37. The molecule has 0 radical (unpaired) electrons. The molecule has 0 unspecified atom stereocenters. The molecule has 0 spiro atoms. The molecule has 3 heterocycles. The molecule has 0 saturated carbocycles. The summed E-state index contributed by atoms with van der Waals surface area (Å²) in [7, 11) is 0. The van der Waals surface area contributed by atoms with Gasteiger partial charge in [0.15, 0.2) is 5.82 Å². The van der Waals surface area contributed by atoms with Crippen LogP contribution in [0.2, 0.25) is 0 Å². The standard InChI is InChI=1S/C17H27N5O4/c1-3-25-17(24)22-6-4-14(5-7-22)18-16(23)21-10-8-20(9-11-21)15-12-13(2)26-19-15/h12,14H,3-11H2,1-2H3,(H,18,23). The zero-order valence-corrected chi connectivity index (χ0v) is 15.4. The molecule has 2 saturated heterocycles. The van der Waals surface area contributed by atoms with Crippen molar-refractivity contribution in [2.45, 2.75) is 32.7 Å². The molecule has 0 aliphatic carbocycles. The quantitative estimate of drug-likeness (QED) is 0.871. The molecule has 9 nitrogen and oxygen atoms in total. The molecule has 2 aliphatic rings. The Morgan fingerprint density at radius 2 is 1.88 bits per heavy atom. The Hall–Kier alpha value is -2.45. The summed E-state index contributed by atoms with van der Waals surface area (Å²) in [6.45, 7) is 8.06. The van der Waals surface area contributed by atoms with Crippen LogP contribution in [0.3, 0.4) is 0 Å². The van der Waals surface area contributed by atoms with Crippen molar-refractivity contribution in [1.29, 1.82) is 0 Å². The minimum atomic E-state index is -0.267. The fourth-order valence-corrected chi connectivity index (χ4v) is 3.33. The monoisotopic (exact) mass is 365 g/mol. The van der Waals surface area contributed by atoms with Gasteiger partial charge in [-0.15, -0.1) is 0 Å². The summed E-state index contributed by atoms with van der Waals surface area (Å²) >= 11 is 0. The van der Waals surface area contributed by atoms with Gasteiger partial charge in [0.1, 0.15) is 5.76 Å². The lowest BCUT2D eigenvalue weighted by molar-refractivity contribution is 0.0950. The number of ether oxygens (including phenoxy) is 1. The molecule has 1 N–H and O–H groups in total. The lowest BCUT2D eigenvalue weighted by atomic mass is 10.1. The first-order valence-corrected chi connectivity index (χ1v) is 9.22. The average molecular weight is 365 g/mol. The Balaban J connectivity index is 1.40. The summed E-state index contributed by atoms with van der Waals surface area (Å²) in [4.78, 5) is 29.9. The number of piperidine rings is 1. The van der Waals surface area contributed by atoms with Gasteiger partial charge in [0.25, 0.3) is 0 Å². The van der Waals surface area contributed by atoms with Gasteiger partial charge in [-0.25, -0.2) is 9.59 Å². The molecule has 0 aromatic carbocycles. The zero-order chi connectivity index (χ0) is 18.5. The summed E-state index contributed by atoms with van der Waals surface area (Å²) in [5.74, 6) is 1.61. The smallest absolute Gasteiger partial charge is 0.409 e. The second-order valence-electron chi connectivity index (χ2n) is 6.68. The second-order valence-corrected chi connectivity index (χ2v) is 6.68. The number of nitrogens with one attached hydrogen (secondary N) is 1. The van der Waals surface area contributed by atoms with Gasteiger partial charge in [0.05, 0.1) is 6.61 Å². The normalized spacial score (nSPS) is 18.8. The molecule has 1 aromatic heterocycles. The fourth-order valence-electron chi connectivity index (χ4n) is 3.33. The summed E-state index contributed by atoms with van der Waals surface area (Å²) in [5.41, 5.74) is 0. The number of aromatic nitrogens is 1. The van der Waals surface area contributed by atoms with Crippen LogP contribution in [0.25, 0.3) is 0 Å². The van der Waals surface area contributed by atoms with Crippen LogP contribution in [-0.4, -0.2) is 79.0 Å². The number of piperazine rings is 1. The number of hydrogen-bond acceptors (Lipinski definition) is 6. The highest BCUT2D eigenvalue weighted by Crippen LogP contribution is 2.17. The van der Waals surface area contributed by atoms with E-state index in [2.05, 4.69) is 15.4 Å². The molecule has 26 heavy (non-hydrogen) atoms. The minimum Gasteiger partial charge on any atom is -0.450 e. The van der Waals surface area contributed by atoms with E-state index in [0.29, 0.717) is 32.8 Å². The molecule has 3 amide bonds. The van der Waals surface area contributed by atoms with Crippen molar-refractivity contribution in [3.05, 3.63) is 11.8 Å². The molecule has 3 rings (SSSR count). The largest absolute Gasteiger partial charge is 0.450 e. The number of urea groups is 1. The van der Waals surface area contributed by atoms with Crippen LogP contribution in [0.5, 0.6) is 0 Å². The van der Waals surface area contributed by atoms with Crippen molar-refractivity contribution >= 4 is 17.9 Å². The number of carbonyl (C=O) groups is 2. The number of carbonyl (C=O) groups excluding carboxylic acids is 2. The minimum absolute atomic E-state index is 0.0319. The highest BCUT2D eigenvalue weighted by molar-refractivity contribution is 5.75. The van der Waals surface area contributed by atoms with E-state index in [1.807, 2.05) is 17.9 Å². The number of nitrogens with zero attached hydrogens (tertiary/aromatic N) is 4. The third-order valence-corrected chi connectivity index (χ3v) is 4.85. The average Bonchev–Trinajstić information content (AvgIpc) is 3.09. The molecule has 2 aliphatic heterocycles. The number of amides is 3. The SMILES string of the molecule is CCOC(=O)N1CCC(NC(=O)N2CCN(c3cc(C)on3)CC2)CC1. The number of anilines is 1. The number of rotatable bonds is 3. The first-order valence-electron chi connectivity index (χ1n) is 9.22. The van der Waals surface area contributed by atoms with E-state index in [1.54, 1.807) is 11.8 Å². The molecular weight excluding hydrogens is 338 g/mol. The van der Waals surface area contributed by atoms with Gasteiger partial charge in [0.2, 0.25) is 0 Å². The number of hydrogen-bond donors (Lipinski definition) is 1. The fraction of sp³-hybridized carbons (Fsp3) is 0.706. The van der Waals surface area contributed by atoms with E-state index in [1.165, 1.54) is 0 Å². The maximum Gasteiger partial charge on any atom is 0.409 e. The van der Waals surface area contributed by atoms with Gasteiger partial charge in [-0.1, -0.05) is 5.16 Å². The van der Waals surface area contributed by atoms with Gasteiger partial charge >= 0.3 is 12.1 Å². The highest BCUT2D eigenvalue weighted by Gasteiger charge is 2.27. The highest BCUT2D eigenvalue weighted by atomic mass is 16.6. The lowest BCUT2D eigenvalue weighted by Crippen LogP contribution is -2.55. The van der Waals surface area contributed by atoms with Crippen molar-refractivity contribution < 1.29 is 18.8 Å². The second kappa shape index (κ2) is 8.29. The predicted octanol–water partition coefficient (Wildman–Crippen LogP) is 1.44. The Morgan fingerprint density at radius 1 is 1.19 bits per heavy atom. The Kier molecular flexibility index (Phi) is 5.85. The molecule has 0 atom stereocenters. The third-order valence-electron chi connectivity index (χ3n) is 4.85. The van der Waals surface area contributed by atoms with Gasteiger partial charge < -0.3 is 29.3 Å². The van der Waals surface area contributed by atoms with Crippen LogP contribution in [0.4, 0.5) is 15.4 Å². The van der Waals surface area contributed by atoms with Gasteiger partial charge in [0, 0.05) is 51.4 Å². The van der Waals surface area contributed by atoms with Crippen molar-refractivity contribution in [2.75, 3.05) is 50.8 Å². The van der Waals surface area contributed by atoms with Crippen molar-refractivity contribution in [3.63, 3.8) is 0 Å². The number of likely N-dealkylation sites (tertiary alicyclic amines) is 1. The van der Waals surface area contributed by atoms with E-state index < -0.39 is 0 Å². The van der Waals surface area contributed by atoms with Crippen LogP contribution in [0, 0.1) is 6.92 Å². The maximum atomic E-state index is 12.5.